The van der Waals surface area contributed by atoms with Gasteiger partial charge in [0, 0.05) is 18.2 Å². The number of nitrogen functional groups attached to an aromatic ring is 1. The molecule has 10 nitrogen and oxygen atoms in total. The van der Waals surface area contributed by atoms with Crippen molar-refractivity contribution in [3.8, 4) is 0 Å². The van der Waals surface area contributed by atoms with Gasteiger partial charge in [-0.25, -0.2) is 13.1 Å². The minimum absolute atomic E-state index is 0.0752. The van der Waals surface area contributed by atoms with Crippen LogP contribution in [0.4, 0.5) is 17.3 Å². The Morgan fingerprint density at radius 2 is 2.10 bits per heavy atom. The Kier molecular flexibility index (Phi) is 3.78. The van der Waals surface area contributed by atoms with Gasteiger partial charge in [-0.15, -0.1) is 0 Å². The van der Waals surface area contributed by atoms with Crippen molar-refractivity contribution in [2.45, 2.75) is 11.8 Å². The number of non-ortho nitro benzene ring substituents is 1. The average molecular weight is 313 g/mol. The minimum atomic E-state index is -4.03. The van der Waals surface area contributed by atoms with Crippen LogP contribution in [-0.2, 0) is 10.0 Å². The molecule has 0 fully saturated rings. The molecule has 112 valence electrons. The highest BCUT2D eigenvalue weighted by atomic mass is 32.2. The fraction of sp³-hybridized carbons (Fsp3) is 0.100. The lowest BCUT2D eigenvalue weighted by atomic mass is 10.3. The van der Waals surface area contributed by atoms with Gasteiger partial charge in [0.15, 0.2) is 0 Å². The van der Waals surface area contributed by atoms with Crippen molar-refractivity contribution < 1.29 is 17.9 Å². The molecule has 2 rings (SSSR count). The number of nitrogens with two attached hydrogens (primary N) is 1. The summed E-state index contributed by atoms with van der Waals surface area (Å²) in [5.74, 6) is 5.14. The van der Waals surface area contributed by atoms with Gasteiger partial charge in [-0.2, -0.15) is 0 Å². The molecule has 0 amide bonds. The summed E-state index contributed by atoms with van der Waals surface area (Å²) in [6.07, 6.45) is 0. The highest BCUT2D eigenvalue weighted by Gasteiger charge is 2.22. The zero-order valence-electron chi connectivity index (χ0n) is 10.7. The number of aromatic nitrogens is 1. The van der Waals surface area contributed by atoms with Gasteiger partial charge >= 0.3 is 0 Å². The van der Waals surface area contributed by atoms with E-state index >= 15 is 0 Å². The number of nitro benzene ring substituents is 1. The zero-order valence-corrected chi connectivity index (χ0v) is 11.5. The summed E-state index contributed by atoms with van der Waals surface area (Å²) in [6.45, 7) is 1.63. The molecule has 0 saturated heterocycles. The molecular weight excluding hydrogens is 302 g/mol. The first-order valence-corrected chi connectivity index (χ1v) is 7.03. The van der Waals surface area contributed by atoms with E-state index in [9.17, 15) is 18.5 Å². The van der Waals surface area contributed by atoms with Crippen molar-refractivity contribution in [1.29, 1.82) is 0 Å². The summed E-state index contributed by atoms with van der Waals surface area (Å²) in [4.78, 5) is 9.75. The number of nitrogens with zero attached hydrogens (tertiary/aromatic N) is 2. The van der Waals surface area contributed by atoms with Crippen LogP contribution in [0.2, 0.25) is 0 Å². The highest BCUT2D eigenvalue weighted by Crippen LogP contribution is 2.27. The first-order valence-electron chi connectivity index (χ1n) is 5.54. The Labute approximate surface area is 119 Å². The number of nitro groups is 1. The Bertz CT molecular complexity index is 785. The number of benzene rings is 1. The van der Waals surface area contributed by atoms with Gasteiger partial charge in [0.25, 0.3) is 15.7 Å². The normalized spacial score (nSPS) is 11.1. The molecule has 0 bridgehead atoms. The molecule has 2 aromatic rings. The third kappa shape index (κ3) is 3.09. The summed E-state index contributed by atoms with van der Waals surface area (Å²) < 4.78 is 31.3. The fourth-order valence-electron chi connectivity index (χ4n) is 1.58. The summed E-state index contributed by atoms with van der Waals surface area (Å²) in [6, 6.07) is 4.53. The van der Waals surface area contributed by atoms with E-state index in [1.807, 2.05) is 0 Å². The van der Waals surface area contributed by atoms with Crippen LogP contribution >= 0.6 is 0 Å². The average Bonchev–Trinajstić information content (AvgIpc) is 2.82. The van der Waals surface area contributed by atoms with E-state index in [1.165, 1.54) is 6.07 Å². The van der Waals surface area contributed by atoms with Crippen molar-refractivity contribution in [2.75, 3.05) is 10.1 Å². The van der Waals surface area contributed by atoms with Crippen LogP contribution in [-0.4, -0.2) is 18.5 Å². The predicted octanol–water partition coefficient (Wildman–Crippen LogP) is 0.978. The number of hydrazine groups is 1. The van der Waals surface area contributed by atoms with Crippen LogP contribution in [0.1, 0.15) is 5.69 Å². The summed E-state index contributed by atoms with van der Waals surface area (Å²) >= 11 is 0. The lowest BCUT2D eigenvalue weighted by Gasteiger charge is -2.09. The molecule has 0 unspecified atom stereocenters. The topological polar surface area (TPSA) is 153 Å². The van der Waals surface area contributed by atoms with Gasteiger partial charge in [-0.1, -0.05) is 5.16 Å². The molecule has 1 heterocycles. The van der Waals surface area contributed by atoms with Crippen molar-refractivity contribution in [1.82, 2.24) is 5.16 Å². The van der Waals surface area contributed by atoms with E-state index in [-0.39, 0.29) is 22.2 Å². The molecule has 4 N–H and O–H groups in total. The monoisotopic (exact) mass is 313 g/mol. The van der Waals surface area contributed by atoms with Gasteiger partial charge in [0.05, 0.1) is 16.3 Å². The largest absolute Gasteiger partial charge is 0.338 e. The maximum atomic E-state index is 12.2. The van der Waals surface area contributed by atoms with E-state index in [1.54, 1.807) is 6.92 Å². The number of hydrogen-bond acceptors (Lipinski definition) is 8. The molecule has 0 spiro atoms. The summed E-state index contributed by atoms with van der Waals surface area (Å²) in [7, 11) is -4.03. The number of sulfonamides is 1. The standard InChI is InChI=1S/C10H11N5O5S/c1-6-4-10(20-13-6)14-21(18,19)9-3-2-7(15(16)17)5-8(9)12-11/h2-5,12,14H,11H2,1H3. The molecule has 0 radical (unpaired) electrons. The second kappa shape index (κ2) is 5.38. The second-order valence-corrected chi connectivity index (χ2v) is 5.67. The molecular formula is C10H11N5O5S. The first kappa shape index (κ1) is 14.7. The molecule has 21 heavy (non-hydrogen) atoms. The molecule has 11 heteroatoms. The smallest absolute Gasteiger partial charge is 0.271 e. The quantitative estimate of drug-likeness (QED) is 0.419. The minimum Gasteiger partial charge on any atom is -0.338 e. The maximum Gasteiger partial charge on any atom is 0.271 e. The molecule has 0 aliphatic heterocycles. The molecule has 0 aliphatic rings. The van der Waals surface area contributed by atoms with Gasteiger partial charge in [0.1, 0.15) is 4.90 Å². The van der Waals surface area contributed by atoms with E-state index in [2.05, 4.69) is 15.3 Å². The summed E-state index contributed by atoms with van der Waals surface area (Å²) in [5, 5.41) is 14.2. The van der Waals surface area contributed by atoms with Crippen molar-refractivity contribution in [3.63, 3.8) is 0 Å². The maximum absolute atomic E-state index is 12.2. The third-order valence-electron chi connectivity index (χ3n) is 2.48. The van der Waals surface area contributed by atoms with Crippen molar-refractivity contribution >= 4 is 27.3 Å². The Balaban J connectivity index is 2.42. The van der Waals surface area contributed by atoms with Crippen LogP contribution in [0.3, 0.4) is 0 Å². The Morgan fingerprint density at radius 1 is 1.38 bits per heavy atom. The van der Waals surface area contributed by atoms with E-state index in [4.69, 9.17) is 10.4 Å². The Morgan fingerprint density at radius 3 is 2.62 bits per heavy atom. The SMILES string of the molecule is Cc1cc(NS(=O)(=O)c2ccc([N+](=O)[O-])cc2NN)on1. The predicted molar refractivity (Wildman–Crippen MR) is 73.0 cm³/mol. The fourth-order valence-corrected chi connectivity index (χ4v) is 2.70. The van der Waals surface area contributed by atoms with Gasteiger partial charge in [-0.3, -0.25) is 16.0 Å². The molecule has 0 saturated carbocycles. The third-order valence-corrected chi connectivity index (χ3v) is 3.89. The zero-order chi connectivity index (χ0) is 15.6. The van der Waals surface area contributed by atoms with E-state index < -0.39 is 14.9 Å². The van der Waals surface area contributed by atoms with Crippen LogP contribution in [0.25, 0.3) is 0 Å². The highest BCUT2D eigenvalue weighted by molar-refractivity contribution is 7.92. The van der Waals surface area contributed by atoms with Crippen LogP contribution in [0.5, 0.6) is 0 Å². The van der Waals surface area contributed by atoms with Crippen LogP contribution in [0.15, 0.2) is 33.7 Å². The number of anilines is 2. The number of nitrogens with one attached hydrogen (secondary N) is 2. The van der Waals surface area contributed by atoms with Crippen molar-refractivity contribution in [2.24, 2.45) is 5.84 Å². The van der Waals surface area contributed by atoms with Crippen LogP contribution < -0.4 is 16.0 Å². The number of rotatable bonds is 5. The van der Waals surface area contributed by atoms with E-state index in [0.717, 1.165) is 18.2 Å². The van der Waals surface area contributed by atoms with Crippen LogP contribution in [0, 0.1) is 17.0 Å². The Hall–Kier alpha value is -2.66. The first-order chi connectivity index (χ1) is 9.83. The van der Waals surface area contributed by atoms with Gasteiger partial charge < -0.3 is 9.95 Å². The second-order valence-electron chi connectivity index (χ2n) is 4.02. The number of aryl methyl sites for hydroxylation is 1. The molecule has 1 aromatic heterocycles. The van der Waals surface area contributed by atoms with Crippen molar-refractivity contribution in [3.05, 3.63) is 40.1 Å². The van der Waals surface area contributed by atoms with Gasteiger partial charge in [0.2, 0.25) is 5.88 Å². The molecule has 0 aliphatic carbocycles. The summed E-state index contributed by atoms with van der Waals surface area (Å²) in [5.41, 5.74) is 2.20. The lowest BCUT2D eigenvalue weighted by molar-refractivity contribution is -0.384. The molecule has 0 atom stereocenters. The van der Waals surface area contributed by atoms with Gasteiger partial charge in [-0.05, 0) is 13.0 Å². The number of hydrogen-bond donors (Lipinski definition) is 3. The molecule has 1 aromatic carbocycles. The lowest BCUT2D eigenvalue weighted by Crippen LogP contribution is -2.17. The van der Waals surface area contributed by atoms with E-state index in [0.29, 0.717) is 5.69 Å².